The predicted molar refractivity (Wildman–Crippen MR) is 63.7 cm³/mol. The summed E-state index contributed by atoms with van der Waals surface area (Å²) in [6.45, 7) is 3.13. The number of aromatic amines is 1. The first kappa shape index (κ1) is 12.4. The van der Waals surface area contributed by atoms with Crippen LogP contribution in [0.1, 0.15) is 19.8 Å². The lowest BCUT2D eigenvalue weighted by Crippen LogP contribution is -2.44. The molecule has 0 aliphatic carbocycles. The van der Waals surface area contributed by atoms with Crippen LogP contribution in [0.25, 0.3) is 0 Å². The molecule has 1 unspecified atom stereocenters. The molecule has 1 saturated heterocycles. The molecule has 0 aromatic carbocycles. The van der Waals surface area contributed by atoms with Crippen molar-refractivity contribution < 1.29 is 9.53 Å². The van der Waals surface area contributed by atoms with Crippen molar-refractivity contribution >= 4 is 17.7 Å². The molecule has 2 heterocycles. The molecular formula is C10H16N4O2S. The molecule has 1 aromatic heterocycles. The SMILES string of the molecule is CC1(C(=O)NCCSc2cn[nH]n2)CCCO1. The highest BCUT2D eigenvalue weighted by Gasteiger charge is 2.37. The van der Waals surface area contributed by atoms with Gasteiger partial charge >= 0.3 is 0 Å². The summed E-state index contributed by atoms with van der Waals surface area (Å²) in [5, 5.41) is 13.9. The predicted octanol–water partition coefficient (Wildman–Crippen LogP) is 0.582. The van der Waals surface area contributed by atoms with E-state index < -0.39 is 5.60 Å². The van der Waals surface area contributed by atoms with E-state index in [9.17, 15) is 4.79 Å². The number of carbonyl (C=O) groups is 1. The van der Waals surface area contributed by atoms with Gasteiger partial charge in [-0.15, -0.1) is 16.9 Å². The number of amides is 1. The molecule has 1 aliphatic rings. The first-order valence-corrected chi connectivity index (χ1v) is 6.60. The lowest BCUT2D eigenvalue weighted by molar-refractivity contribution is -0.139. The quantitative estimate of drug-likeness (QED) is 0.595. The van der Waals surface area contributed by atoms with Crippen molar-refractivity contribution in [2.75, 3.05) is 18.9 Å². The standard InChI is InChI=1S/C10H16N4O2S/c1-10(3-2-5-16-10)9(15)11-4-6-17-8-7-12-14-13-8/h7H,2-6H2,1H3,(H,11,15)(H,12,13,14). The number of aromatic nitrogens is 3. The van der Waals surface area contributed by atoms with E-state index in [1.54, 1.807) is 18.0 Å². The molecule has 1 fully saturated rings. The van der Waals surface area contributed by atoms with E-state index in [2.05, 4.69) is 20.7 Å². The Labute approximate surface area is 104 Å². The molecule has 0 bridgehead atoms. The normalized spacial score (nSPS) is 23.8. The average molecular weight is 256 g/mol. The van der Waals surface area contributed by atoms with Crippen molar-refractivity contribution in [1.82, 2.24) is 20.7 Å². The Morgan fingerprint density at radius 2 is 2.65 bits per heavy atom. The number of rotatable bonds is 5. The van der Waals surface area contributed by atoms with Crippen LogP contribution in [-0.2, 0) is 9.53 Å². The van der Waals surface area contributed by atoms with Gasteiger partial charge in [-0.1, -0.05) is 0 Å². The zero-order valence-corrected chi connectivity index (χ0v) is 10.5. The summed E-state index contributed by atoms with van der Waals surface area (Å²) < 4.78 is 5.46. The number of nitrogens with zero attached hydrogens (tertiary/aromatic N) is 2. The third-order valence-electron chi connectivity index (χ3n) is 2.73. The smallest absolute Gasteiger partial charge is 0.251 e. The summed E-state index contributed by atoms with van der Waals surface area (Å²) in [6, 6.07) is 0. The molecule has 6 nitrogen and oxygen atoms in total. The molecule has 0 radical (unpaired) electrons. The summed E-state index contributed by atoms with van der Waals surface area (Å²) in [7, 11) is 0. The fraction of sp³-hybridized carbons (Fsp3) is 0.700. The number of H-pyrrole nitrogens is 1. The van der Waals surface area contributed by atoms with Gasteiger partial charge in [-0.3, -0.25) is 4.79 Å². The highest BCUT2D eigenvalue weighted by atomic mass is 32.2. The molecule has 1 amide bonds. The zero-order chi connectivity index (χ0) is 12.1. The molecule has 0 saturated carbocycles. The van der Waals surface area contributed by atoms with Crippen LogP contribution in [0.2, 0.25) is 0 Å². The van der Waals surface area contributed by atoms with Crippen LogP contribution < -0.4 is 5.32 Å². The molecule has 94 valence electrons. The van der Waals surface area contributed by atoms with Crippen LogP contribution in [0, 0.1) is 0 Å². The Morgan fingerprint density at radius 3 is 3.29 bits per heavy atom. The lowest BCUT2D eigenvalue weighted by Gasteiger charge is -2.21. The minimum absolute atomic E-state index is 0.0178. The van der Waals surface area contributed by atoms with E-state index in [0.29, 0.717) is 13.2 Å². The first-order chi connectivity index (χ1) is 8.21. The van der Waals surface area contributed by atoms with Gasteiger partial charge in [0.1, 0.15) is 10.6 Å². The molecule has 7 heteroatoms. The molecule has 17 heavy (non-hydrogen) atoms. The monoisotopic (exact) mass is 256 g/mol. The van der Waals surface area contributed by atoms with E-state index >= 15 is 0 Å². The molecular weight excluding hydrogens is 240 g/mol. The second-order valence-electron chi connectivity index (χ2n) is 4.10. The van der Waals surface area contributed by atoms with Gasteiger partial charge < -0.3 is 10.1 Å². The largest absolute Gasteiger partial charge is 0.365 e. The average Bonchev–Trinajstić information content (AvgIpc) is 2.96. The fourth-order valence-electron chi connectivity index (χ4n) is 1.73. The molecule has 0 spiro atoms. The third-order valence-corrected chi connectivity index (χ3v) is 3.63. The van der Waals surface area contributed by atoms with Gasteiger partial charge in [0.15, 0.2) is 0 Å². The van der Waals surface area contributed by atoms with Crippen molar-refractivity contribution in [1.29, 1.82) is 0 Å². The Balaban J connectivity index is 1.66. The van der Waals surface area contributed by atoms with Crippen molar-refractivity contribution in [2.45, 2.75) is 30.4 Å². The van der Waals surface area contributed by atoms with Gasteiger partial charge in [0.25, 0.3) is 5.91 Å². The summed E-state index contributed by atoms with van der Waals surface area (Å²) in [4.78, 5) is 11.8. The van der Waals surface area contributed by atoms with E-state index in [-0.39, 0.29) is 5.91 Å². The highest BCUT2D eigenvalue weighted by molar-refractivity contribution is 7.99. The fourth-order valence-corrected chi connectivity index (χ4v) is 2.37. The van der Waals surface area contributed by atoms with Crippen LogP contribution in [0.3, 0.4) is 0 Å². The van der Waals surface area contributed by atoms with Gasteiger partial charge in [-0.25, -0.2) is 0 Å². The van der Waals surface area contributed by atoms with Gasteiger partial charge in [0, 0.05) is 18.9 Å². The van der Waals surface area contributed by atoms with Crippen molar-refractivity contribution in [3.63, 3.8) is 0 Å². The number of carbonyl (C=O) groups excluding carboxylic acids is 1. The Hall–Kier alpha value is -1.08. The van der Waals surface area contributed by atoms with Crippen molar-refractivity contribution in [3.8, 4) is 0 Å². The maximum Gasteiger partial charge on any atom is 0.251 e. The number of nitrogens with one attached hydrogen (secondary N) is 2. The Morgan fingerprint density at radius 1 is 1.76 bits per heavy atom. The van der Waals surface area contributed by atoms with Crippen molar-refractivity contribution in [2.24, 2.45) is 0 Å². The van der Waals surface area contributed by atoms with Gasteiger partial charge in [-0.2, -0.15) is 10.3 Å². The minimum atomic E-state index is -0.626. The molecule has 1 aliphatic heterocycles. The van der Waals surface area contributed by atoms with Gasteiger partial charge in [0.05, 0.1) is 6.20 Å². The van der Waals surface area contributed by atoms with Gasteiger partial charge in [-0.05, 0) is 19.8 Å². The minimum Gasteiger partial charge on any atom is -0.365 e. The van der Waals surface area contributed by atoms with E-state index in [1.807, 2.05) is 6.92 Å². The Bertz CT molecular complexity index is 362. The van der Waals surface area contributed by atoms with Crippen molar-refractivity contribution in [3.05, 3.63) is 6.20 Å². The van der Waals surface area contributed by atoms with E-state index in [4.69, 9.17) is 4.74 Å². The molecule has 2 N–H and O–H groups in total. The van der Waals surface area contributed by atoms with Crippen LogP contribution in [0.4, 0.5) is 0 Å². The number of hydrogen-bond donors (Lipinski definition) is 2. The topological polar surface area (TPSA) is 79.9 Å². The van der Waals surface area contributed by atoms with E-state index in [1.165, 1.54) is 0 Å². The summed E-state index contributed by atoms with van der Waals surface area (Å²) in [6.07, 6.45) is 3.42. The summed E-state index contributed by atoms with van der Waals surface area (Å²) in [5.74, 6) is 0.754. The van der Waals surface area contributed by atoms with Gasteiger partial charge in [0.2, 0.25) is 0 Å². The second kappa shape index (κ2) is 5.50. The maximum atomic E-state index is 11.8. The summed E-state index contributed by atoms with van der Waals surface area (Å²) in [5.41, 5.74) is -0.626. The van der Waals surface area contributed by atoms with Crippen LogP contribution in [-0.4, -0.2) is 45.8 Å². The highest BCUT2D eigenvalue weighted by Crippen LogP contribution is 2.24. The molecule has 1 aromatic rings. The molecule has 1 atom stereocenters. The molecule has 2 rings (SSSR count). The zero-order valence-electron chi connectivity index (χ0n) is 9.73. The van der Waals surface area contributed by atoms with Crippen LogP contribution in [0.15, 0.2) is 11.2 Å². The second-order valence-corrected chi connectivity index (χ2v) is 5.21. The third kappa shape index (κ3) is 3.19. The maximum absolute atomic E-state index is 11.8. The van der Waals surface area contributed by atoms with Crippen LogP contribution in [0.5, 0.6) is 0 Å². The first-order valence-electron chi connectivity index (χ1n) is 5.61. The number of thioether (sulfide) groups is 1. The number of hydrogen-bond acceptors (Lipinski definition) is 5. The van der Waals surface area contributed by atoms with Crippen LogP contribution >= 0.6 is 11.8 Å². The lowest BCUT2D eigenvalue weighted by atomic mass is 10.0. The Kier molecular flexibility index (Phi) is 4.01. The summed E-state index contributed by atoms with van der Waals surface area (Å²) >= 11 is 1.55. The number of ether oxygens (including phenoxy) is 1. The van der Waals surface area contributed by atoms with E-state index in [0.717, 1.165) is 23.6 Å².